The van der Waals surface area contributed by atoms with Crippen LogP contribution in [0.4, 0.5) is 0 Å². The summed E-state index contributed by atoms with van der Waals surface area (Å²) in [7, 11) is 1.79. The maximum atomic E-state index is 12.2. The summed E-state index contributed by atoms with van der Waals surface area (Å²) >= 11 is 1.51. The minimum atomic E-state index is -0.553. The standard InChI is InChI=1S/C14H17N3OS/c1-17(9-6-11-4-7-16-8-5-11)14(18)13(15)12-3-2-10-19-12/h2-5,7-8,10,13H,6,9,15H2,1H3. The molecule has 0 aliphatic carbocycles. The smallest absolute Gasteiger partial charge is 0.244 e. The summed E-state index contributed by atoms with van der Waals surface area (Å²) in [6, 6.07) is 7.16. The van der Waals surface area contributed by atoms with Gasteiger partial charge in [-0.05, 0) is 35.6 Å². The third-order valence-corrected chi connectivity index (χ3v) is 3.93. The van der Waals surface area contributed by atoms with Crippen LogP contribution in [0, 0.1) is 0 Å². The van der Waals surface area contributed by atoms with Crippen molar-refractivity contribution in [2.24, 2.45) is 5.73 Å². The molecule has 0 radical (unpaired) electrons. The van der Waals surface area contributed by atoms with Crippen molar-refractivity contribution in [3.05, 3.63) is 52.5 Å². The zero-order valence-electron chi connectivity index (χ0n) is 10.8. The molecule has 100 valence electrons. The molecule has 2 aromatic rings. The predicted octanol–water partition coefficient (Wildman–Crippen LogP) is 1.84. The average molecular weight is 275 g/mol. The van der Waals surface area contributed by atoms with E-state index in [1.165, 1.54) is 16.9 Å². The number of hydrogen-bond acceptors (Lipinski definition) is 4. The van der Waals surface area contributed by atoms with Gasteiger partial charge >= 0.3 is 0 Å². The molecule has 5 heteroatoms. The van der Waals surface area contributed by atoms with Crippen LogP contribution in [0.3, 0.4) is 0 Å². The number of amides is 1. The second kappa shape index (κ2) is 6.45. The zero-order chi connectivity index (χ0) is 13.7. The Morgan fingerprint density at radius 3 is 2.79 bits per heavy atom. The second-order valence-corrected chi connectivity index (χ2v) is 5.34. The Kier molecular flexibility index (Phi) is 4.65. The second-order valence-electron chi connectivity index (χ2n) is 4.36. The van der Waals surface area contributed by atoms with Gasteiger partial charge in [0.15, 0.2) is 0 Å². The lowest BCUT2D eigenvalue weighted by Crippen LogP contribution is -2.36. The lowest BCUT2D eigenvalue weighted by molar-refractivity contribution is -0.131. The van der Waals surface area contributed by atoms with E-state index in [4.69, 9.17) is 5.73 Å². The molecular weight excluding hydrogens is 258 g/mol. The van der Waals surface area contributed by atoms with Crippen LogP contribution in [0.15, 0.2) is 42.0 Å². The third-order valence-electron chi connectivity index (χ3n) is 2.98. The Morgan fingerprint density at radius 1 is 1.42 bits per heavy atom. The molecule has 0 aliphatic rings. The number of carbonyl (C=O) groups is 1. The zero-order valence-corrected chi connectivity index (χ0v) is 11.6. The molecular formula is C14H17N3OS. The number of nitrogens with two attached hydrogens (primary N) is 1. The average Bonchev–Trinajstić information content (AvgIpc) is 2.98. The van der Waals surface area contributed by atoms with E-state index in [9.17, 15) is 4.79 Å². The van der Waals surface area contributed by atoms with Crippen LogP contribution in [0.1, 0.15) is 16.5 Å². The molecule has 2 N–H and O–H groups in total. The molecule has 0 aromatic carbocycles. The van der Waals surface area contributed by atoms with Crippen molar-refractivity contribution in [3.8, 4) is 0 Å². The maximum Gasteiger partial charge on any atom is 0.244 e. The molecule has 2 heterocycles. The minimum Gasteiger partial charge on any atom is -0.344 e. The number of hydrogen-bond donors (Lipinski definition) is 1. The first-order valence-electron chi connectivity index (χ1n) is 6.11. The van der Waals surface area contributed by atoms with Gasteiger partial charge in [-0.1, -0.05) is 6.07 Å². The molecule has 0 aliphatic heterocycles. The van der Waals surface area contributed by atoms with E-state index in [2.05, 4.69) is 4.98 Å². The Morgan fingerprint density at radius 2 is 2.16 bits per heavy atom. The molecule has 1 unspecified atom stereocenters. The molecule has 2 aromatic heterocycles. The van der Waals surface area contributed by atoms with Crippen LogP contribution in [0.25, 0.3) is 0 Å². The maximum absolute atomic E-state index is 12.2. The van der Waals surface area contributed by atoms with Crippen LogP contribution in [0.2, 0.25) is 0 Å². The van der Waals surface area contributed by atoms with Crippen molar-refractivity contribution in [1.29, 1.82) is 0 Å². The summed E-state index contributed by atoms with van der Waals surface area (Å²) in [4.78, 5) is 18.7. The van der Waals surface area contributed by atoms with Gasteiger partial charge in [-0.2, -0.15) is 0 Å². The summed E-state index contributed by atoms with van der Waals surface area (Å²) in [5, 5.41) is 1.93. The van der Waals surface area contributed by atoms with Crippen molar-refractivity contribution in [1.82, 2.24) is 9.88 Å². The Bertz CT molecular complexity index is 513. The van der Waals surface area contributed by atoms with Crippen molar-refractivity contribution in [2.45, 2.75) is 12.5 Å². The van der Waals surface area contributed by atoms with Crippen molar-refractivity contribution < 1.29 is 4.79 Å². The molecule has 1 amide bonds. The van der Waals surface area contributed by atoms with Crippen molar-refractivity contribution >= 4 is 17.2 Å². The van der Waals surface area contributed by atoms with Crippen LogP contribution in [0.5, 0.6) is 0 Å². The van der Waals surface area contributed by atoms with Gasteiger partial charge in [-0.15, -0.1) is 11.3 Å². The van der Waals surface area contributed by atoms with Gasteiger partial charge in [-0.3, -0.25) is 9.78 Å². The van der Waals surface area contributed by atoms with E-state index in [1.807, 2.05) is 29.6 Å². The fourth-order valence-corrected chi connectivity index (χ4v) is 2.50. The minimum absolute atomic E-state index is 0.0449. The van der Waals surface area contributed by atoms with Gasteiger partial charge in [-0.25, -0.2) is 0 Å². The van der Waals surface area contributed by atoms with E-state index in [1.54, 1.807) is 24.3 Å². The normalized spacial score (nSPS) is 12.1. The topological polar surface area (TPSA) is 59.2 Å². The van der Waals surface area contributed by atoms with Gasteiger partial charge in [0.2, 0.25) is 5.91 Å². The van der Waals surface area contributed by atoms with Crippen LogP contribution in [-0.2, 0) is 11.2 Å². The SMILES string of the molecule is CN(CCc1ccncc1)C(=O)C(N)c1cccs1. The van der Waals surface area contributed by atoms with Gasteiger partial charge in [0.05, 0.1) is 0 Å². The fraction of sp³-hybridized carbons (Fsp3) is 0.286. The summed E-state index contributed by atoms with van der Waals surface area (Å²) < 4.78 is 0. The number of carbonyl (C=O) groups excluding carboxylic acids is 1. The van der Waals surface area contributed by atoms with Crippen molar-refractivity contribution in [2.75, 3.05) is 13.6 Å². The highest BCUT2D eigenvalue weighted by Gasteiger charge is 2.20. The largest absolute Gasteiger partial charge is 0.344 e. The number of aromatic nitrogens is 1. The van der Waals surface area contributed by atoms with Crippen LogP contribution < -0.4 is 5.73 Å². The third kappa shape index (κ3) is 3.62. The van der Waals surface area contributed by atoms with E-state index >= 15 is 0 Å². The summed E-state index contributed by atoms with van der Waals surface area (Å²) in [5.41, 5.74) is 7.13. The Hall–Kier alpha value is -1.72. The van der Waals surface area contributed by atoms with Gasteiger partial charge < -0.3 is 10.6 Å². The quantitative estimate of drug-likeness (QED) is 0.906. The number of pyridine rings is 1. The lowest BCUT2D eigenvalue weighted by Gasteiger charge is -2.20. The molecule has 4 nitrogen and oxygen atoms in total. The number of likely N-dealkylation sites (N-methyl/N-ethyl adjacent to an activating group) is 1. The highest BCUT2D eigenvalue weighted by molar-refractivity contribution is 7.10. The first kappa shape index (κ1) is 13.7. The van der Waals surface area contributed by atoms with E-state index < -0.39 is 6.04 Å². The molecule has 1 atom stereocenters. The van der Waals surface area contributed by atoms with Gasteiger partial charge in [0, 0.05) is 30.9 Å². The molecule has 0 saturated carbocycles. The number of thiophene rings is 1. The lowest BCUT2D eigenvalue weighted by atomic mass is 10.2. The molecule has 2 rings (SSSR count). The highest BCUT2D eigenvalue weighted by Crippen LogP contribution is 2.18. The summed E-state index contributed by atoms with van der Waals surface area (Å²) in [6.07, 6.45) is 4.32. The van der Waals surface area contributed by atoms with E-state index in [0.717, 1.165) is 11.3 Å². The molecule has 0 spiro atoms. The van der Waals surface area contributed by atoms with Crippen molar-refractivity contribution in [3.63, 3.8) is 0 Å². The van der Waals surface area contributed by atoms with Gasteiger partial charge in [0.1, 0.15) is 6.04 Å². The van der Waals surface area contributed by atoms with Crippen LogP contribution >= 0.6 is 11.3 Å². The first-order chi connectivity index (χ1) is 9.18. The number of nitrogens with zero attached hydrogens (tertiary/aromatic N) is 2. The summed E-state index contributed by atoms with van der Waals surface area (Å²) in [6.45, 7) is 0.655. The van der Waals surface area contributed by atoms with Crippen LogP contribution in [-0.4, -0.2) is 29.4 Å². The van der Waals surface area contributed by atoms with E-state index in [-0.39, 0.29) is 5.91 Å². The molecule has 0 bridgehead atoms. The monoisotopic (exact) mass is 275 g/mol. The molecule has 0 saturated heterocycles. The molecule has 0 fully saturated rings. The van der Waals surface area contributed by atoms with Gasteiger partial charge in [0.25, 0.3) is 0 Å². The Balaban J connectivity index is 1.89. The summed E-state index contributed by atoms with van der Waals surface area (Å²) in [5.74, 6) is -0.0449. The number of rotatable bonds is 5. The fourth-order valence-electron chi connectivity index (χ4n) is 1.78. The molecule has 19 heavy (non-hydrogen) atoms. The highest BCUT2D eigenvalue weighted by atomic mass is 32.1. The van der Waals surface area contributed by atoms with E-state index in [0.29, 0.717) is 6.54 Å². The predicted molar refractivity (Wildman–Crippen MR) is 76.8 cm³/mol. The Labute approximate surface area is 116 Å². The first-order valence-corrected chi connectivity index (χ1v) is 6.99.